The van der Waals surface area contributed by atoms with E-state index in [-0.39, 0.29) is 7.05 Å². The van der Waals surface area contributed by atoms with Crippen LogP contribution in [0.25, 0.3) is 22.3 Å². The quantitative estimate of drug-likeness (QED) is 0.210. The number of nitrogens with zero attached hydrogens (tertiary/aromatic N) is 2. The van der Waals surface area contributed by atoms with E-state index < -0.39 is 0 Å². The fourth-order valence-electron chi connectivity index (χ4n) is 6.40. The van der Waals surface area contributed by atoms with Gasteiger partial charge in [-0.1, -0.05) is 84.9 Å². The molecule has 0 unspecified atom stereocenters. The summed E-state index contributed by atoms with van der Waals surface area (Å²) in [4.78, 5) is 4.59. The molecule has 6 aromatic carbocycles. The number of hydrogen-bond donors (Lipinski definition) is 0. The maximum atomic E-state index is 6.66. The Morgan fingerprint density at radius 1 is 0.463 bits per heavy atom. The number of rotatable bonds is 2. The third kappa shape index (κ3) is 3.29. The van der Waals surface area contributed by atoms with E-state index in [4.69, 9.17) is 9.39 Å². The molecule has 0 amide bonds. The van der Waals surface area contributed by atoms with Crippen molar-refractivity contribution >= 4 is 41.0 Å². The zero-order chi connectivity index (χ0) is 26.9. The van der Waals surface area contributed by atoms with Gasteiger partial charge >= 0.3 is 7.05 Å². The highest BCUT2D eigenvalue weighted by Gasteiger charge is 2.44. The summed E-state index contributed by atoms with van der Waals surface area (Å²) in [6.07, 6.45) is 0. The van der Waals surface area contributed by atoms with Gasteiger partial charge in [-0.3, -0.25) is 0 Å². The Morgan fingerprint density at radius 3 is 1.83 bits per heavy atom. The van der Waals surface area contributed by atoms with E-state index in [9.17, 15) is 0 Å². The van der Waals surface area contributed by atoms with E-state index in [1.54, 1.807) is 0 Å². The van der Waals surface area contributed by atoms with Crippen LogP contribution < -0.4 is 24.6 Å². The van der Waals surface area contributed by atoms with E-state index in [0.717, 1.165) is 51.1 Å². The Hall–Kier alpha value is -5.42. The summed E-state index contributed by atoms with van der Waals surface area (Å²) in [5.74, 6) is 2.61. The van der Waals surface area contributed by atoms with Crippen molar-refractivity contribution in [3.63, 3.8) is 0 Å². The highest BCUT2D eigenvalue weighted by Crippen LogP contribution is 2.51. The van der Waals surface area contributed by atoms with E-state index in [1.165, 1.54) is 22.3 Å². The summed E-state index contributed by atoms with van der Waals surface area (Å²) in [6, 6.07) is 48.8. The fourth-order valence-corrected chi connectivity index (χ4v) is 6.40. The van der Waals surface area contributed by atoms with E-state index in [2.05, 4.69) is 113 Å². The van der Waals surface area contributed by atoms with Gasteiger partial charge in [0.2, 0.25) is 0 Å². The molecular weight excluding hydrogens is 503 g/mol. The lowest BCUT2D eigenvalue weighted by Gasteiger charge is -2.32. The van der Waals surface area contributed by atoms with Gasteiger partial charge in [0.25, 0.3) is 0 Å². The van der Waals surface area contributed by atoms with E-state index in [0.29, 0.717) is 0 Å². The van der Waals surface area contributed by atoms with Gasteiger partial charge in [-0.2, -0.15) is 0 Å². The van der Waals surface area contributed by atoms with Crippen LogP contribution in [0.2, 0.25) is 0 Å². The van der Waals surface area contributed by atoms with Crippen molar-refractivity contribution in [1.82, 2.24) is 0 Å². The first kappa shape index (κ1) is 22.4. The Kier molecular flexibility index (Phi) is 4.67. The second-order valence-electron chi connectivity index (χ2n) is 10.5. The first-order chi connectivity index (χ1) is 20.3. The summed E-state index contributed by atoms with van der Waals surface area (Å²) < 4.78 is 12.8. The molecule has 0 aromatic heterocycles. The van der Waals surface area contributed by atoms with Crippen molar-refractivity contribution in [1.29, 1.82) is 0 Å². The van der Waals surface area contributed by atoms with Crippen molar-refractivity contribution in [2.24, 2.45) is 0 Å². The van der Waals surface area contributed by atoms with Crippen LogP contribution in [-0.2, 0) is 0 Å². The third-order valence-electron chi connectivity index (χ3n) is 8.26. The highest BCUT2D eigenvalue weighted by molar-refractivity contribution is 6.77. The van der Waals surface area contributed by atoms with Gasteiger partial charge in [0.05, 0.1) is 17.1 Å². The van der Waals surface area contributed by atoms with Crippen molar-refractivity contribution in [3.8, 4) is 39.5 Å². The van der Waals surface area contributed by atoms with Crippen molar-refractivity contribution in [2.45, 2.75) is 0 Å². The molecule has 192 valence electrons. The number of benzene rings is 6. The van der Waals surface area contributed by atoms with E-state index >= 15 is 0 Å². The summed E-state index contributed by atoms with van der Waals surface area (Å²) in [5.41, 5.74) is 11.3. The van der Waals surface area contributed by atoms with Gasteiger partial charge in [0.1, 0.15) is 5.75 Å². The van der Waals surface area contributed by atoms with Crippen LogP contribution in [0.3, 0.4) is 0 Å². The standard InChI is InChI=1S/C36H23BN2O2/c1-3-11-29-27(9-1)28-10-2-4-12-30(28)39-33-22-19-25(23-36(33)41-37(29)39)24-17-20-26(21-18-24)38-31-13-5-7-15-34(31)40-35-16-8-6-14-32(35)38/h1-23H. The molecule has 3 aliphatic rings. The first-order valence-corrected chi connectivity index (χ1v) is 13.9. The largest absolute Gasteiger partial charge is 0.536 e. The maximum absolute atomic E-state index is 6.66. The summed E-state index contributed by atoms with van der Waals surface area (Å²) >= 11 is 0. The first-order valence-electron chi connectivity index (χ1n) is 13.9. The number of ether oxygens (including phenoxy) is 1. The lowest BCUT2D eigenvalue weighted by Crippen LogP contribution is -2.50. The van der Waals surface area contributed by atoms with Gasteiger partial charge in [-0.05, 0) is 76.8 Å². The molecule has 0 saturated heterocycles. The van der Waals surface area contributed by atoms with Gasteiger partial charge in [-0.15, -0.1) is 0 Å². The van der Waals surface area contributed by atoms with Gasteiger partial charge in [0, 0.05) is 16.9 Å². The summed E-state index contributed by atoms with van der Waals surface area (Å²) in [7, 11) is -0.171. The Morgan fingerprint density at radius 2 is 1.07 bits per heavy atom. The SMILES string of the molecule is c1ccc2c(c1)Oc1ccccc1N2c1ccc(-c2ccc3c(c2)OB2c4ccccc4-c4ccccc4N23)cc1. The Labute approximate surface area is 238 Å². The predicted octanol–water partition coefficient (Wildman–Crippen LogP) is 8.84. The van der Waals surface area contributed by atoms with Crippen LogP contribution in [-0.4, -0.2) is 7.05 Å². The van der Waals surface area contributed by atoms with Gasteiger partial charge in [0.15, 0.2) is 11.5 Å². The van der Waals surface area contributed by atoms with Crippen LogP contribution in [0, 0.1) is 0 Å². The number of anilines is 5. The summed E-state index contributed by atoms with van der Waals surface area (Å²) in [5, 5.41) is 0. The second kappa shape index (κ2) is 8.54. The van der Waals surface area contributed by atoms with Crippen molar-refractivity contribution in [3.05, 3.63) is 140 Å². The lowest BCUT2D eigenvalue weighted by atomic mass is 9.65. The Balaban J connectivity index is 1.09. The molecular formula is C36H23BN2O2. The minimum absolute atomic E-state index is 0.171. The molecule has 41 heavy (non-hydrogen) atoms. The average Bonchev–Trinajstić information content (AvgIpc) is 3.43. The summed E-state index contributed by atoms with van der Waals surface area (Å²) in [6.45, 7) is 0. The molecule has 0 bridgehead atoms. The molecule has 4 nitrogen and oxygen atoms in total. The number of hydrogen-bond acceptors (Lipinski definition) is 4. The second-order valence-corrected chi connectivity index (χ2v) is 10.5. The normalized spacial score (nSPS) is 13.6. The molecule has 0 radical (unpaired) electrons. The molecule has 3 heterocycles. The highest BCUT2D eigenvalue weighted by atomic mass is 16.5. The molecule has 0 aliphatic carbocycles. The maximum Gasteiger partial charge on any atom is 0.524 e. The molecule has 6 aromatic rings. The topological polar surface area (TPSA) is 24.9 Å². The molecule has 0 fully saturated rings. The smallest absolute Gasteiger partial charge is 0.524 e. The molecule has 3 aliphatic heterocycles. The van der Waals surface area contributed by atoms with Crippen molar-refractivity contribution < 1.29 is 9.39 Å². The number of para-hydroxylation sites is 5. The van der Waals surface area contributed by atoms with Crippen LogP contribution in [0.5, 0.6) is 17.2 Å². The average molecular weight is 526 g/mol. The molecule has 0 atom stereocenters. The minimum atomic E-state index is -0.171. The zero-order valence-electron chi connectivity index (χ0n) is 22.1. The van der Waals surface area contributed by atoms with Gasteiger partial charge < -0.3 is 19.1 Å². The van der Waals surface area contributed by atoms with Crippen molar-refractivity contribution in [2.75, 3.05) is 9.71 Å². The van der Waals surface area contributed by atoms with Crippen LogP contribution in [0.4, 0.5) is 28.4 Å². The molecule has 9 rings (SSSR count). The predicted molar refractivity (Wildman–Crippen MR) is 167 cm³/mol. The minimum Gasteiger partial charge on any atom is -0.536 e. The van der Waals surface area contributed by atoms with E-state index in [1.807, 2.05) is 36.4 Å². The molecule has 0 N–H and O–H groups in total. The number of fused-ring (bicyclic) bond motifs is 10. The van der Waals surface area contributed by atoms with Crippen LogP contribution in [0.1, 0.15) is 0 Å². The lowest BCUT2D eigenvalue weighted by molar-refractivity contribution is 0.477. The molecule has 0 saturated carbocycles. The fraction of sp³-hybridized carbons (Fsp3) is 0. The monoisotopic (exact) mass is 526 g/mol. The zero-order valence-corrected chi connectivity index (χ0v) is 22.1. The molecule has 0 spiro atoms. The van der Waals surface area contributed by atoms with Crippen LogP contribution >= 0.6 is 0 Å². The third-order valence-corrected chi connectivity index (χ3v) is 8.26. The Bertz CT molecular complexity index is 1940. The van der Waals surface area contributed by atoms with Gasteiger partial charge in [-0.25, -0.2) is 0 Å². The molecule has 5 heteroatoms. The van der Waals surface area contributed by atoms with Crippen LogP contribution in [0.15, 0.2) is 140 Å².